The van der Waals surface area contributed by atoms with Crippen LogP contribution in [0.5, 0.6) is 0 Å². The molecule has 120 valence electrons. The number of benzene rings is 1. The Morgan fingerprint density at radius 1 is 1.23 bits per heavy atom. The summed E-state index contributed by atoms with van der Waals surface area (Å²) in [6.45, 7) is 3.41. The van der Waals surface area contributed by atoms with Crippen LogP contribution in [0.4, 0.5) is 11.4 Å². The minimum absolute atomic E-state index is 0.0825. The number of nitro groups is 1. The second kappa shape index (κ2) is 7.22. The first-order valence-corrected chi connectivity index (χ1v) is 7.40. The van der Waals surface area contributed by atoms with Gasteiger partial charge < -0.3 is 9.80 Å². The first-order valence-electron chi connectivity index (χ1n) is 7.40. The zero-order valence-electron chi connectivity index (χ0n) is 13.1. The lowest BCUT2D eigenvalue weighted by Crippen LogP contribution is -2.38. The Kier molecular flexibility index (Phi) is 5.32. The maximum absolute atomic E-state index is 11.8. The molecule has 1 aromatic carbocycles. The number of hydrogen-bond donors (Lipinski definition) is 0. The zero-order chi connectivity index (χ0) is 16.1. The van der Waals surface area contributed by atoms with Gasteiger partial charge in [-0.05, 0) is 12.5 Å². The standard InChI is InChI=1S/C15H22N4O3/c1-16(2)15(20)12-17-8-5-9-18(11-10-17)13-6-3-4-7-14(13)19(21)22/h3-4,6-7H,5,8-12H2,1-2H3. The summed E-state index contributed by atoms with van der Waals surface area (Å²) in [6, 6.07) is 6.83. The van der Waals surface area contributed by atoms with Crippen LogP contribution >= 0.6 is 0 Å². The number of carbonyl (C=O) groups is 1. The molecule has 1 fully saturated rings. The molecule has 2 rings (SSSR count). The number of carbonyl (C=O) groups excluding carboxylic acids is 1. The number of hydrogen-bond acceptors (Lipinski definition) is 5. The predicted octanol–water partition coefficient (Wildman–Crippen LogP) is 1.20. The molecular weight excluding hydrogens is 284 g/mol. The molecule has 1 aliphatic heterocycles. The van der Waals surface area contributed by atoms with Crippen LogP contribution in [0.2, 0.25) is 0 Å². The Labute approximate surface area is 130 Å². The lowest BCUT2D eigenvalue weighted by molar-refractivity contribution is -0.384. The van der Waals surface area contributed by atoms with E-state index in [1.165, 1.54) is 6.07 Å². The number of likely N-dealkylation sites (N-methyl/N-ethyl adjacent to an activating group) is 1. The van der Waals surface area contributed by atoms with Gasteiger partial charge in [0.15, 0.2) is 0 Å². The minimum atomic E-state index is -0.340. The summed E-state index contributed by atoms with van der Waals surface area (Å²) in [5.74, 6) is 0.0825. The number of para-hydroxylation sites is 2. The van der Waals surface area contributed by atoms with Crippen LogP contribution in [-0.2, 0) is 4.79 Å². The van der Waals surface area contributed by atoms with Gasteiger partial charge in [0.1, 0.15) is 5.69 Å². The SMILES string of the molecule is CN(C)C(=O)CN1CCCN(c2ccccc2[N+](=O)[O-])CC1. The number of amides is 1. The molecule has 1 aromatic rings. The van der Waals surface area contributed by atoms with Crippen LogP contribution in [0.25, 0.3) is 0 Å². The fourth-order valence-electron chi connectivity index (χ4n) is 2.59. The third kappa shape index (κ3) is 3.94. The Bertz CT molecular complexity index is 547. The van der Waals surface area contributed by atoms with E-state index in [-0.39, 0.29) is 16.5 Å². The molecule has 0 saturated carbocycles. The first-order chi connectivity index (χ1) is 10.5. The monoisotopic (exact) mass is 306 g/mol. The molecule has 1 saturated heterocycles. The smallest absolute Gasteiger partial charge is 0.292 e. The maximum Gasteiger partial charge on any atom is 0.292 e. The fourth-order valence-corrected chi connectivity index (χ4v) is 2.59. The summed E-state index contributed by atoms with van der Waals surface area (Å²) in [6.07, 6.45) is 0.882. The van der Waals surface area contributed by atoms with Gasteiger partial charge in [0.25, 0.3) is 5.69 Å². The highest BCUT2D eigenvalue weighted by atomic mass is 16.6. The highest BCUT2D eigenvalue weighted by Crippen LogP contribution is 2.28. The molecule has 7 heteroatoms. The van der Waals surface area contributed by atoms with Crippen LogP contribution < -0.4 is 4.90 Å². The van der Waals surface area contributed by atoms with Crippen molar-refractivity contribution in [2.45, 2.75) is 6.42 Å². The van der Waals surface area contributed by atoms with E-state index >= 15 is 0 Å². The lowest BCUT2D eigenvalue weighted by Gasteiger charge is -2.23. The fraction of sp³-hybridized carbons (Fsp3) is 0.533. The van der Waals surface area contributed by atoms with Crippen molar-refractivity contribution >= 4 is 17.3 Å². The number of rotatable bonds is 4. The third-order valence-corrected chi connectivity index (χ3v) is 3.87. The molecule has 0 radical (unpaired) electrons. The van der Waals surface area contributed by atoms with Gasteiger partial charge in [-0.25, -0.2) is 0 Å². The molecule has 7 nitrogen and oxygen atoms in total. The summed E-state index contributed by atoms with van der Waals surface area (Å²) in [4.78, 5) is 28.3. The average Bonchev–Trinajstić information content (AvgIpc) is 2.72. The van der Waals surface area contributed by atoms with E-state index in [9.17, 15) is 14.9 Å². The van der Waals surface area contributed by atoms with Gasteiger partial charge in [0.05, 0.1) is 11.5 Å². The Morgan fingerprint density at radius 2 is 1.95 bits per heavy atom. The summed E-state index contributed by atoms with van der Waals surface area (Å²) >= 11 is 0. The first kappa shape index (κ1) is 16.2. The number of nitro benzene ring substituents is 1. The quantitative estimate of drug-likeness (QED) is 0.617. The number of nitrogens with zero attached hydrogens (tertiary/aromatic N) is 4. The van der Waals surface area contributed by atoms with Gasteiger partial charge in [0.2, 0.25) is 5.91 Å². The second-order valence-corrected chi connectivity index (χ2v) is 5.65. The Balaban J connectivity index is 2.05. The molecule has 0 spiro atoms. The molecule has 0 N–H and O–H groups in total. The van der Waals surface area contributed by atoms with Gasteiger partial charge in [-0.1, -0.05) is 12.1 Å². The van der Waals surface area contributed by atoms with Gasteiger partial charge in [-0.2, -0.15) is 0 Å². The molecule has 22 heavy (non-hydrogen) atoms. The third-order valence-electron chi connectivity index (χ3n) is 3.87. The summed E-state index contributed by atoms with van der Waals surface area (Å²) < 4.78 is 0. The van der Waals surface area contributed by atoms with Gasteiger partial charge in [0, 0.05) is 46.3 Å². The Hall–Kier alpha value is -2.15. The molecule has 0 aromatic heterocycles. The highest BCUT2D eigenvalue weighted by molar-refractivity contribution is 5.77. The van der Waals surface area contributed by atoms with Crippen LogP contribution in [0, 0.1) is 10.1 Å². The van der Waals surface area contributed by atoms with E-state index in [0.717, 1.165) is 26.1 Å². The minimum Gasteiger partial charge on any atom is -0.365 e. The normalized spacial score (nSPS) is 16.2. The molecule has 0 unspecified atom stereocenters. The molecule has 0 aliphatic carbocycles. The Morgan fingerprint density at radius 3 is 2.64 bits per heavy atom. The summed E-state index contributed by atoms with van der Waals surface area (Å²) in [7, 11) is 3.50. The summed E-state index contributed by atoms with van der Waals surface area (Å²) in [5.41, 5.74) is 0.800. The van der Waals surface area contributed by atoms with Crippen molar-refractivity contribution in [3.8, 4) is 0 Å². The van der Waals surface area contributed by atoms with E-state index in [2.05, 4.69) is 4.90 Å². The predicted molar refractivity (Wildman–Crippen MR) is 85.1 cm³/mol. The van der Waals surface area contributed by atoms with E-state index < -0.39 is 0 Å². The van der Waals surface area contributed by atoms with Crippen molar-refractivity contribution in [2.75, 3.05) is 51.7 Å². The maximum atomic E-state index is 11.8. The zero-order valence-corrected chi connectivity index (χ0v) is 13.1. The molecule has 0 bridgehead atoms. The van der Waals surface area contributed by atoms with Crippen molar-refractivity contribution in [3.05, 3.63) is 34.4 Å². The van der Waals surface area contributed by atoms with Crippen molar-refractivity contribution in [1.29, 1.82) is 0 Å². The number of anilines is 1. The lowest BCUT2D eigenvalue weighted by atomic mass is 10.2. The average molecular weight is 306 g/mol. The van der Waals surface area contributed by atoms with Crippen LogP contribution in [0.1, 0.15) is 6.42 Å². The molecule has 1 heterocycles. The van der Waals surface area contributed by atoms with Crippen LogP contribution in [-0.4, -0.2) is 67.4 Å². The second-order valence-electron chi connectivity index (χ2n) is 5.65. The van der Waals surface area contributed by atoms with Gasteiger partial charge >= 0.3 is 0 Å². The van der Waals surface area contributed by atoms with Crippen molar-refractivity contribution in [2.24, 2.45) is 0 Å². The van der Waals surface area contributed by atoms with Crippen LogP contribution in [0.3, 0.4) is 0 Å². The molecular formula is C15H22N4O3. The largest absolute Gasteiger partial charge is 0.365 e. The van der Waals surface area contributed by atoms with Crippen molar-refractivity contribution in [3.63, 3.8) is 0 Å². The summed E-state index contributed by atoms with van der Waals surface area (Å²) in [5, 5.41) is 11.2. The van der Waals surface area contributed by atoms with E-state index in [1.807, 2.05) is 11.0 Å². The van der Waals surface area contributed by atoms with E-state index in [0.29, 0.717) is 18.8 Å². The van der Waals surface area contributed by atoms with Crippen molar-refractivity contribution < 1.29 is 9.72 Å². The van der Waals surface area contributed by atoms with Gasteiger partial charge in [-0.15, -0.1) is 0 Å². The molecule has 1 aliphatic rings. The van der Waals surface area contributed by atoms with Crippen molar-refractivity contribution in [1.82, 2.24) is 9.80 Å². The van der Waals surface area contributed by atoms with E-state index in [1.54, 1.807) is 31.1 Å². The topological polar surface area (TPSA) is 69.9 Å². The molecule has 0 atom stereocenters. The van der Waals surface area contributed by atoms with Crippen LogP contribution in [0.15, 0.2) is 24.3 Å². The molecule has 1 amide bonds. The highest BCUT2D eigenvalue weighted by Gasteiger charge is 2.22. The van der Waals surface area contributed by atoms with E-state index in [4.69, 9.17) is 0 Å². The van der Waals surface area contributed by atoms with Gasteiger partial charge in [-0.3, -0.25) is 19.8 Å².